The van der Waals surface area contributed by atoms with Gasteiger partial charge in [-0.15, -0.1) is 0 Å². The van der Waals surface area contributed by atoms with Gasteiger partial charge in [0.15, 0.2) is 11.5 Å². The average Bonchev–Trinajstić information content (AvgIpc) is 2.25. The lowest BCUT2D eigenvalue weighted by Gasteiger charge is -2.28. The Balaban J connectivity index is 2.36. The quantitative estimate of drug-likeness (QED) is 0.707. The number of hydrogen-bond acceptors (Lipinski definition) is 3. The predicted octanol–water partition coefficient (Wildman–Crippen LogP) is 2.04. The number of benzene rings is 1. The molecule has 0 spiro atoms. The summed E-state index contributed by atoms with van der Waals surface area (Å²) in [5.41, 5.74) is 2.64. The SMILES string of the molecule is CN=CC1Cc2cc(OC)c(OC)cc21. The van der Waals surface area contributed by atoms with E-state index in [-0.39, 0.29) is 0 Å². The monoisotopic (exact) mass is 205 g/mol. The first kappa shape index (κ1) is 10.0. The summed E-state index contributed by atoms with van der Waals surface area (Å²) < 4.78 is 10.5. The van der Waals surface area contributed by atoms with Crippen LogP contribution >= 0.6 is 0 Å². The van der Waals surface area contributed by atoms with Crippen molar-refractivity contribution in [3.63, 3.8) is 0 Å². The van der Waals surface area contributed by atoms with Gasteiger partial charge in [0, 0.05) is 19.2 Å². The van der Waals surface area contributed by atoms with Crippen molar-refractivity contribution in [3.05, 3.63) is 23.3 Å². The van der Waals surface area contributed by atoms with Crippen molar-refractivity contribution in [1.82, 2.24) is 0 Å². The fraction of sp³-hybridized carbons (Fsp3) is 0.417. The molecular weight excluding hydrogens is 190 g/mol. The van der Waals surface area contributed by atoms with Crippen molar-refractivity contribution in [2.75, 3.05) is 21.3 Å². The van der Waals surface area contributed by atoms with Gasteiger partial charge < -0.3 is 14.5 Å². The minimum absolute atomic E-state index is 0.449. The molecule has 0 saturated carbocycles. The average molecular weight is 205 g/mol. The molecule has 0 bridgehead atoms. The van der Waals surface area contributed by atoms with E-state index < -0.39 is 0 Å². The molecule has 15 heavy (non-hydrogen) atoms. The number of ether oxygens (including phenoxy) is 2. The van der Waals surface area contributed by atoms with Crippen molar-refractivity contribution in [1.29, 1.82) is 0 Å². The summed E-state index contributed by atoms with van der Waals surface area (Å²) in [5, 5.41) is 0. The third-order valence-electron chi connectivity index (χ3n) is 2.81. The molecule has 0 saturated heterocycles. The molecular formula is C12H15NO2. The zero-order valence-corrected chi connectivity index (χ0v) is 9.28. The normalized spacial score (nSPS) is 18.5. The van der Waals surface area contributed by atoms with Gasteiger partial charge in [0.1, 0.15) is 0 Å². The summed E-state index contributed by atoms with van der Waals surface area (Å²) in [6.45, 7) is 0. The van der Waals surface area contributed by atoms with Crippen LogP contribution in [-0.4, -0.2) is 27.5 Å². The second-order valence-corrected chi connectivity index (χ2v) is 3.62. The molecule has 0 aliphatic heterocycles. The lowest BCUT2D eigenvalue weighted by atomic mass is 9.78. The second-order valence-electron chi connectivity index (χ2n) is 3.62. The number of methoxy groups -OCH3 is 2. The predicted molar refractivity (Wildman–Crippen MR) is 60.4 cm³/mol. The van der Waals surface area contributed by atoms with E-state index in [2.05, 4.69) is 4.99 Å². The minimum Gasteiger partial charge on any atom is -0.493 e. The van der Waals surface area contributed by atoms with Crippen LogP contribution in [0.3, 0.4) is 0 Å². The summed E-state index contributed by atoms with van der Waals surface area (Å²) in [7, 11) is 5.12. The van der Waals surface area contributed by atoms with Gasteiger partial charge in [-0.05, 0) is 29.7 Å². The number of fused-ring (bicyclic) bond motifs is 1. The molecule has 0 N–H and O–H groups in total. The Morgan fingerprint density at radius 2 is 1.93 bits per heavy atom. The van der Waals surface area contributed by atoms with Crippen LogP contribution in [0.2, 0.25) is 0 Å². The minimum atomic E-state index is 0.449. The number of aliphatic imine (C=N–C) groups is 1. The Morgan fingerprint density at radius 3 is 2.53 bits per heavy atom. The third kappa shape index (κ3) is 1.58. The van der Waals surface area contributed by atoms with E-state index in [0.29, 0.717) is 5.92 Å². The molecule has 1 unspecified atom stereocenters. The van der Waals surface area contributed by atoms with Crippen molar-refractivity contribution >= 4 is 6.21 Å². The zero-order chi connectivity index (χ0) is 10.8. The maximum atomic E-state index is 5.26. The molecule has 1 aliphatic carbocycles. The Kier molecular flexibility index (Phi) is 2.62. The van der Waals surface area contributed by atoms with Gasteiger partial charge in [0.2, 0.25) is 0 Å². The third-order valence-corrected chi connectivity index (χ3v) is 2.81. The van der Waals surface area contributed by atoms with Gasteiger partial charge >= 0.3 is 0 Å². The lowest BCUT2D eigenvalue weighted by Crippen LogP contribution is -2.18. The van der Waals surface area contributed by atoms with Crippen molar-refractivity contribution in [3.8, 4) is 11.5 Å². The second kappa shape index (κ2) is 3.93. The Labute approximate surface area is 89.7 Å². The van der Waals surface area contributed by atoms with Crippen LogP contribution in [0.15, 0.2) is 17.1 Å². The maximum absolute atomic E-state index is 5.26. The summed E-state index contributed by atoms with van der Waals surface area (Å²) in [4.78, 5) is 4.06. The smallest absolute Gasteiger partial charge is 0.161 e. The van der Waals surface area contributed by atoms with Crippen LogP contribution in [0.1, 0.15) is 17.0 Å². The molecule has 80 valence electrons. The summed E-state index contributed by atoms with van der Waals surface area (Å²) in [6, 6.07) is 4.10. The van der Waals surface area contributed by atoms with Gasteiger partial charge in [0.25, 0.3) is 0 Å². The van der Waals surface area contributed by atoms with Gasteiger partial charge in [-0.1, -0.05) is 0 Å². The van der Waals surface area contributed by atoms with Crippen molar-refractivity contribution < 1.29 is 9.47 Å². The molecule has 1 aliphatic rings. The van der Waals surface area contributed by atoms with E-state index in [0.717, 1.165) is 17.9 Å². The van der Waals surface area contributed by atoms with Gasteiger partial charge in [-0.3, -0.25) is 0 Å². The molecule has 3 nitrogen and oxygen atoms in total. The van der Waals surface area contributed by atoms with Gasteiger partial charge in [0.05, 0.1) is 14.2 Å². The molecule has 1 aromatic rings. The molecule has 1 atom stereocenters. The molecule has 0 aromatic heterocycles. The van der Waals surface area contributed by atoms with E-state index in [1.807, 2.05) is 18.3 Å². The van der Waals surface area contributed by atoms with Crippen LogP contribution in [0, 0.1) is 0 Å². The van der Waals surface area contributed by atoms with Crippen LogP contribution in [0.5, 0.6) is 11.5 Å². The summed E-state index contributed by atoms with van der Waals surface area (Å²) in [5.74, 6) is 2.05. The Bertz CT molecular complexity index is 399. The summed E-state index contributed by atoms with van der Waals surface area (Å²) in [6.07, 6.45) is 3.03. The van der Waals surface area contributed by atoms with Crippen LogP contribution in [0.4, 0.5) is 0 Å². The molecule has 0 amide bonds. The van der Waals surface area contributed by atoms with Crippen molar-refractivity contribution in [2.45, 2.75) is 12.3 Å². The van der Waals surface area contributed by atoms with E-state index >= 15 is 0 Å². The fourth-order valence-electron chi connectivity index (χ4n) is 1.99. The highest BCUT2D eigenvalue weighted by Gasteiger charge is 2.26. The van der Waals surface area contributed by atoms with Crippen LogP contribution in [-0.2, 0) is 6.42 Å². The topological polar surface area (TPSA) is 30.8 Å². The van der Waals surface area contributed by atoms with E-state index in [9.17, 15) is 0 Å². The van der Waals surface area contributed by atoms with E-state index in [4.69, 9.17) is 9.47 Å². The number of nitrogens with zero attached hydrogens (tertiary/aromatic N) is 1. The summed E-state index contributed by atoms with van der Waals surface area (Å²) >= 11 is 0. The molecule has 0 fully saturated rings. The molecule has 0 heterocycles. The molecule has 2 rings (SSSR count). The Hall–Kier alpha value is -1.51. The highest BCUT2D eigenvalue weighted by molar-refractivity contribution is 5.74. The number of rotatable bonds is 3. The van der Waals surface area contributed by atoms with Crippen LogP contribution < -0.4 is 9.47 Å². The maximum Gasteiger partial charge on any atom is 0.161 e. The largest absolute Gasteiger partial charge is 0.493 e. The standard InChI is InChI=1S/C12H15NO2/c1-13-7-9-4-8-5-11(14-2)12(15-3)6-10(8)9/h5-7,9H,4H2,1-3H3. The molecule has 1 aromatic carbocycles. The first-order valence-corrected chi connectivity index (χ1v) is 4.97. The van der Waals surface area contributed by atoms with E-state index in [1.54, 1.807) is 21.3 Å². The molecule has 3 heteroatoms. The first-order chi connectivity index (χ1) is 7.30. The lowest BCUT2D eigenvalue weighted by molar-refractivity contribution is 0.353. The number of hydrogen-bond donors (Lipinski definition) is 0. The molecule has 0 radical (unpaired) electrons. The van der Waals surface area contributed by atoms with Crippen molar-refractivity contribution in [2.24, 2.45) is 4.99 Å². The fourth-order valence-corrected chi connectivity index (χ4v) is 1.99. The highest BCUT2D eigenvalue weighted by Crippen LogP contribution is 2.41. The van der Waals surface area contributed by atoms with Crippen LogP contribution in [0.25, 0.3) is 0 Å². The highest BCUT2D eigenvalue weighted by atomic mass is 16.5. The van der Waals surface area contributed by atoms with Gasteiger partial charge in [-0.2, -0.15) is 0 Å². The first-order valence-electron chi connectivity index (χ1n) is 4.97. The zero-order valence-electron chi connectivity index (χ0n) is 9.28. The Morgan fingerprint density at radius 1 is 1.27 bits per heavy atom. The van der Waals surface area contributed by atoms with E-state index in [1.165, 1.54) is 11.1 Å². The van der Waals surface area contributed by atoms with Gasteiger partial charge in [-0.25, -0.2) is 0 Å².